The number of nitrogens with zero attached hydrogens (tertiary/aromatic N) is 2. The molecule has 1 saturated heterocycles. The lowest BCUT2D eigenvalue weighted by molar-refractivity contribution is 0.0162. The van der Waals surface area contributed by atoms with E-state index in [4.69, 9.17) is 4.74 Å². The maximum atomic E-state index is 12.9. The summed E-state index contributed by atoms with van der Waals surface area (Å²) in [5.74, 6) is -0.0126. The molecular formula is C27H37N3O2. The number of amides is 1. The third kappa shape index (κ3) is 5.16. The summed E-state index contributed by atoms with van der Waals surface area (Å²) in [6.45, 7) is 11.5. The number of carbonyl (C=O) groups excluding carboxylic acids is 1. The second kappa shape index (κ2) is 9.63. The molecule has 2 aliphatic rings. The Balaban J connectivity index is 1.51. The average molecular weight is 436 g/mol. The van der Waals surface area contributed by atoms with E-state index in [0.717, 1.165) is 39.3 Å². The molecule has 0 radical (unpaired) electrons. The van der Waals surface area contributed by atoms with Gasteiger partial charge in [-0.3, -0.25) is 9.69 Å². The molecule has 2 aromatic rings. The zero-order chi connectivity index (χ0) is 22.7. The molecular weight excluding hydrogens is 398 g/mol. The van der Waals surface area contributed by atoms with Crippen LogP contribution in [0.2, 0.25) is 0 Å². The maximum absolute atomic E-state index is 12.9. The van der Waals surface area contributed by atoms with Crippen LogP contribution in [0.5, 0.6) is 0 Å². The van der Waals surface area contributed by atoms with Crippen LogP contribution in [0.3, 0.4) is 0 Å². The van der Waals surface area contributed by atoms with Gasteiger partial charge in [0.1, 0.15) is 0 Å². The van der Waals surface area contributed by atoms with Crippen molar-refractivity contribution in [2.45, 2.75) is 45.1 Å². The molecule has 2 heterocycles. The Labute approximate surface area is 192 Å². The summed E-state index contributed by atoms with van der Waals surface area (Å²) in [5.41, 5.74) is 6.06. The molecule has 0 bridgehead atoms. The topological polar surface area (TPSA) is 44.8 Å². The van der Waals surface area contributed by atoms with E-state index in [0.29, 0.717) is 12.1 Å². The number of anilines is 1. The first-order valence-electron chi connectivity index (χ1n) is 11.9. The fourth-order valence-corrected chi connectivity index (χ4v) is 4.77. The number of carbonyl (C=O) groups is 1. The highest BCUT2D eigenvalue weighted by Crippen LogP contribution is 2.31. The molecule has 4 rings (SSSR count). The summed E-state index contributed by atoms with van der Waals surface area (Å²) in [6.07, 6.45) is 2.31. The standard InChI is InChI=1S/C27H37N3O2/c1-27(2,3)23-10-7-20(8-11-23)26(31)28-19-25(30-14-16-32-17-15-30)22-9-12-24-21(18-22)6-5-13-29(24)4/h7-12,18,25H,5-6,13-17,19H2,1-4H3,(H,28,31). The van der Waals surface area contributed by atoms with E-state index in [2.05, 4.69) is 73.3 Å². The van der Waals surface area contributed by atoms with Crippen molar-refractivity contribution in [3.05, 3.63) is 64.7 Å². The van der Waals surface area contributed by atoms with Crippen molar-refractivity contribution >= 4 is 11.6 Å². The molecule has 2 aromatic carbocycles. The van der Waals surface area contributed by atoms with E-state index >= 15 is 0 Å². The van der Waals surface area contributed by atoms with Crippen LogP contribution in [0, 0.1) is 0 Å². The number of hydrogen-bond acceptors (Lipinski definition) is 4. The van der Waals surface area contributed by atoms with Crippen molar-refractivity contribution in [3.8, 4) is 0 Å². The molecule has 2 aliphatic heterocycles. The van der Waals surface area contributed by atoms with Crippen molar-refractivity contribution in [1.82, 2.24) is 10.2 Å². The number of fused-ring (bicyclic) bond motifs is 1. The monoisotopic (exact) mass is 435 g/mol. The molecule has 32 heavy (non-hydrogen) atoms. The van der Waals surface area contributed by atoms with Crippen LogP contribution >= 0.6 is 0 Å². The summed E-state index contributed by atoms with van der Waals surface area (Å²) in [5, 5.41) is 3.21. The van der Waals surface area contributed by atoms with Crippen LogP contribution in [0.4, 0.5) is 5.69 Å². The van der Waals surface area contributed by atoms with E-state index in [1.54, 1.807) is 0 Å². The zero-order valence-electron chi connectivity index (χ0n) is 20.0. The molecule has 1 fully saturated rings. The Morgan fingerprint density at radius 1 is 1.06 bits per heavy atom. The number of aryl methyl sites for hydroxylation is 1. The van der Waals surface area contributed by atoms with Crippen LogP contribution in [-0.4, -0.2) is 57.2 Å². The van der Waals surface area contributed by atoms with Crippen molar-refractivity contribution in [3.63, 3.8) is 0 Å². The van der Waals surface area contributed by atoms with Gasteiger partial charge >= 0.3 is 0 Å². The van der Waals surface area contributed by atoms with Gasteiger partial charge in [-0.15, -0.1) is 0 Å². The fraction of sp³-hybridized carbons (Fsp3) is 0.519. The Hall–Kier alpha value is -2.37. The molecule has 172 valence electrons. The molecule has 1 unspecified atom stereocenters. The lowest BCUT2D eigenvalue weighted by Gasteiger charge is -2.36. The number of nitrogens with one attached hydrogen (secondary N) is 1. The minimum Gasteiger partial charge on any atom is -0.379 e. The fourth-order valence-electron chi connectivity index (χ4n) is 4.77. The van der Waals surface area contributed by atoms with Gasteiger partial charge in [-0.2, -0.15) is 0 Å². The van der Waals surface area contributed by atoms with Gasteiger partial charge < -0.3 is 15.0 Å². The molecule has 1 N–H and O–H groups in total. The van der Waals surface area contributed by atoms with Crippen LogP contribution in [-0.2, 0) is 16.6 Å². The number of hydrogen-bond donors (Lipinski definition) is 1. The summed E-state index contributed by atoms with van der Waals surface area (Å²) in [6, 6.07) is 15.0. The Bertz CT molecular complexity index is 927. The van der Waals surface area contributed by atoms with E-state index in [1.165, 1.54) is 28.8 Å². The van der Waals surface area contributed by atoms with Crippen LogP contribution in [0.1, 0.15) is 60.3 Å². The highest BCUT2D eigenvalue weighted by atomic mass is 16.5. The third-order valence-corrected chi connectivity index (χ3v) is 6.79. The van der Waals surface area contributed by atoms with Gasteiger partial charge in [0.2, 0.25) is 0 Å². The number of morpholine rings is 1. The molecule has 0 aromatic heterocycles. The summed E-state index contributed by atoms with van der Waals surface area (Å²) in [7, 11) is 2.17. The lowest BCUT2D eigenvalue weighted by Crippen LogP contribution is -2.44. The predicted octanol–water partition coefficient (Wildman–Crippen LogP) is 4.17. The first-order chi connectivity index (χ1) is 15.3. The Morgan fingerprint density at radius 3 is 2.47 bits per heavy atom. The van der Waals surface area contributed by atoms with Gasteiger partial charge in [0.25, 0.3) is 5.91 Å². The predicted molar refractivity (Wildman–Crippen MR) is 131 cm³/mol. The summed E-state index contributed by atoms with van der Waals surface area (Å²) in [4.78, 5) is 17.7. The van der Waals surface area contributed by atoms with Gasteiger partial charge in [0.15, 0.2) is 0 Å². The summed E-state index contributed by atoms with van der Waals surface area (Å²) < 4.78 is 5.59. The van der Waals surface area contributed by atoms with Crippen LogP contribution in [0.25, 0.3) is 0 Å². The SMILES string of the molecule is CN1CCCc2cc(C(CNC(=O)c3ccc(C(C)(C)C)cc3)N3CCOCC3)ccc21. The average Bonchev–Trinajstić information content (AvgIpc) is 2.79. The van der Waals surface area contributed by atoms with E-state index in [-0.39, 0.29) is 17.4 Å². The van der Waals surface area contributed by atoms with Crippen molar-refractivity contribution in [2.24, 2.45) is 0 Å². The molecule has 0 saturated carbocycles. The second-order valence-electron chi connectivity index (χ2n) is 10.1. The molecule has 1 atom stereocenters. The highest BCUT2D eigenvalue weighted by Gasteiger charge is 2.25. The highest BCUT2D eigenvalue weighted by molar-refractivity contribution is 5.94. The van der Waals surface area contributed by atoms with Gasteiger partial charge in [-0.25, -0.2) is 0 Å². The Kier molecular flexibility index (Phi) is 6.87. The zero-order valence-corrected chi connectivity index (χ0v) is 20.0. The molecule has 1 amide bonds. The third-order valence-electron chi connectivity index (χ3n) is 6.79. The minimum atomic E-state index is -0.0126. The van der Waals surface area contributed by atoms with Crippen LogP contribution < -0.4 is 10.2 Å². The smallest absolute Gasteiger partial charge is 0.251 e. The van der Waals surface area contributed by atoms with E-state index in [1.807, 2.05) is 12.1 Å². The quantitative estimate of drug-likeness (QED) is 0.766. The van der Waals surface area contributed by atoms with Gasteiger partial charge in [0, 0.05) is 44.5 Å². The van der Waals surface area contributed by atoms with Crippen molar-refractivity contribution in [1.29, 1.82) is 0 Å². The summed E-state index contributed by atoms with van der Waals surface area (Å²) >= 11 is 0. The molecule has 5 heteroatoms. The van der Waals surface area contributed by atoms with E-state index in [9.17, 15) is 4.79 Å². The number of rotatable bonds is 5. The first kappa shape index (κ1) is 22.8. The number of benzene rings is 2. The molecule has 0 aliphatic carbocycles. The minimum absolute atomic E-state index is 0.0126. The Morgan fingerprint density at radius 2 is 1.78 bits per heavy atom. The van der Waals surface area contributed by atoms with Crippen LogP contribution in [0.15, 0.2) is 42.5 Å². The normalized spacial score (nSPS) is 18.2. The first-order valence-corrected chi connectivity index (χ1v) is 11.9. The van der Waals surface area contributed by atoms with Gasteiger partial charge in [0.05, 0.1) is 19.3 Å². The largest absolute Gasteiger partial charge is 0.379 e. The lowest BCUT2D eigenvalue weighted by atomic mass is 9.86. The van der Waals surface area contributed by atoms with Crippen molar-refractivity contribution in [2.75, 3.05) is 51.3 Å². The second-order valence-corrected chi connectivity index (χ2v) is 10.1. The van der Waals surface area contributed by atoms with E-state index < -0.39 is 0 Å². The van der Waals surface area contributed by atoms with Crippen molar-refractivity contribution < 1.29 is 9.53 Å². The van der Waals surface area contributed by atoms with Gasteiger partial charge in [-0.05, 0) is 53.1 Å². The molecule has 0 spiro atoms. The maximum Gasteiger partial charge on any atom is 0.251 e. The van der Waals surface area contributed by atoms with Gasteiger partial charge in [-0.1, -0.05) is 45.0 Å². The molecule has 5 nitrogen and oxygen atoms in total. The number of ether oxygens (including phenoxy) is 1.